The average molecular weight is 365 g/mol. The van der Waals surface area contributed by atoms with Crippen molar-refractivity contribution in [2.24, 2.45) is 10.9 Å². The highest BCUT2D eigenvalue weighted by Crippen LogP contribution is 2.14. The minimum Gasteiger partial charge on any atom is -0.380 e. The van der Waals surface area contributed by atoms with E-state index >= 15 is 0 Å². The van der Waals surface area contributed by atoms with E-state index in [2.05, 4.69) is 60.5 Å². The fourth-order valence-corrected chi connectivity index (χ4v) is 2.50. The van der Waals surface area contributed by atoms with Crippen molar-refractivity contribution in [3.8, 4) is 12.5 Å². The van der Waals surface area contributed by atoms with Crippen molar-refractivity contribution < 1.29 is 0 Å². The van der Waals surface area contributed by atoms with Crippen molar-refractivity contribution in [1.82, 2.24) is 15.5 Å². The maximum absolute atomic E-state index is 5.96. The first-order valence-corrected chi connectivity index (χ1v) is 9.11. The maximum Gasteiger partial charge on any atom is 0.207 e. The van der Waals surface area contributed by atoms with Crippen LogP contribution in [0.1, 0.15) is 41.0 Å². The molecule has 0 bridgehead atoms. The van der Waals surface area contributed by atoms with Gasteiger partial charge in [0, 0.05) is 42.3 Å². The quantitative estimate of drug-likeness (QED) is 0.265. The molecule has 25 heavy (non-hydrogen) atoms. The molecule has 0 amide bonds. The van der Waals surface area contributed by atoms with E-state index < -0.39 is 0 Å². The first-order chi connectivity index (χ1) is 11.8. The van der Waals surface area contributed by atoms with Gasteiger partial charge in [-0.05, 0) is 27.2 Å². The second-order valence-electron chi connectivity index (χ2n) is 6.14. The summed E-state index contributed by atoms with van der Waals surface area (Å²) >= 11 is 5.96. The van der Waals surface area contributed by atoms with Gasteiger partial charge in [-0.2, -0.15) is 4.99 Å². The molecule has 0 fully saturated rings. The van der Waals surface area contributed by atoms with E-state index in [0.717, 1.165) is 41.8 Å². The standard InChI is InChI=1S/C20H33ClN4/c1-9-12-25(11-3)20(22-10-2)23-14-19(15(4)5)24-18(8)16(6)13-17(7)21/h2,13,16,19,24H,4,8-9,11-12,14H2,1,3,5-7H3,(H,22,23). The molecular formula is C20H33ClN4. The summed E-state index contributed by atoms with van der Waals surface area (Å²) in [4.78, 5) is 6.28. The molecule has 5 heteroatoms. The Labute approximate surface area is 159 Å². The molecule has 0 aliphatic rings. The maximum atomic E-state index is 5.96. The molecule has 2 atom stereocenters. The van der Waals surface area contributed by atoms with Gasteiger partial charge in [0.15, 0.2) is 0 Å². The molecule has 0 spiro atoms. The molecule has 140 valence electrons. The summed E-state index contributed by atoms with van der Waals surface area (Å²) < 4.78 is 0. The Balaban J connectivity index is 4.99. The predicted octanol–water partition coefficient (Wildman–Crippen LogP) is 4.08. The van der Waals surface area contributed by atoms with Gasteiger partial charge in [-0.1, -0.05) is 56.7 Å². The molecule has 0 radical (unpaired) electrons. The first kappa shape index (κ1) is 23.1. The van der Waals surface area contributed by atoms with Gasteiger partial charge in [-0.15, -0.1) is 0 Å². The van der Waals surface area contributed by atoms with Crippen LogP contribution in [0.3, 0.4) is 0 Å². The van der Waals surface area contributed by atoms with Gasteiger partial charge in [-0.3, -0.25) is 0 Å². The van der Waals surface area contributed by atoms with Crippen LogP contribution in [-0.4, -0.2) is 36.5 Å². The molecule has 0 heterocycles. The van der Waals surface area contributed by atoms with E-state index in [-0.39, 0.29) is 12.0 Å². The lowest BCUT2D eigenvalue weighted by Crippen LogP contribution is -2.47. The highest BCUT2D eigenvalue weighted by atomic mass is 35.5. The fourth-order valence-electron chi connectivity index (χ4n) is 2.31. The molecule has 0 aliphatic heterocycles. The van der Waals surface area contributed by atoms with Gasteiger partial charge in [0.05, 0.1) is 6.04 Å². The van der Waals surface area contributed by atoms with Crippen LogP contribution < -0.4 is 10.6 Å². The van der Waals surface area contributed by atoms with E-state index in [0.29, 0.717) is 6.54 Å². The topological polar surface area (TPSA) is 39.7 Å². The Bertz CT molecular complexity index is 538. The van der Waals surface area contributed by atoms with Gasteiger partial charge in [0.1, 0.15) is 0 Å². The lowest BCUT2D eigenvalue weighted by Gasteiger charge is -2.28. The van der Waals surface area contributed by atoms with E-state index in [4.69, 9.17) is 18.0 Å². The zero-order chi connectivity index (χ0) is 19.4. The van der Waals surface area contributed by atoms with Crippen molar-refractivity contribution in [3.63, 3.8) is 0 Å². The lowest BCUT2D eigenvalue weighted by atomic mass is 10.1. The third-order valence-electron chi connectivity index (χ3n) is 3.79. The van der Waals surface area contributed by atoms with Crippen molar-refractivity contribution >= 4 is 17.6 Å². The van der Waals surface area contributed by atoms with Crippen LogP contribution in [-0.2, 0) is 0 Å². The van der Waals surface area contributed by atoms with Crippen LogP contribution in [0.2, 0.25) is 0 Å². The second kappa shape index (κ2) is 12.5. The monoisotopic (exact) mass is 364 g/mol. The minimum atomic E-state index is 0.0160. The summed E-state index contributed by atoms with van der Waals surface area (Å²) in [6, 6.07) is 2.39. The van der Waals surface area contributed by atoms with E-state index in [1.54, 1.807) is 0 Å². The van der Waals surface area contributed by atoms with Gasteiger partial charge >= 0.3 is 0 Å². The molecular weight excluding hydrogens is 332 g/mol. The highest BCUT2D eigenvalue weighted by Gasteiger charge is 2.15. The number of allylic oxidation sites excluding steroid dienone is 2. The summed E-state index contributed by atoms with van der Waals surface area (Å²) in [6.07, 6.45) is 8.37. The van der Waals surface area contributed by atoms with Gasteiger partial charge < -0.3 is 15.5 Å². The predicted molar refractivity (Wildman–Crippen MR) is 111 cm³/mol. The third-order valence-corrected chi connectivity index (χ3v) is 3.92. The summed E-state index contributed by atoms with van der Waals surface area (Å²) in [7, 11) is 0. The van der Waals surface area contributed by atoms with Crippen LogP contribution in [0.5, 0.6) is 0 Å². The van der Waals surface area contributed by atoms with Gasteiger partial charge in [0.25, 0.3) is 0 Å². The lowest BCUT2D eigenvalue weighted by molar-refractivity contribution is 0.419. The molecule has 0 aromatic carbocycles. The van der Waals surface area contributed by atoms with Crippen LogP contribution in [0.15, 0.2) is 40.5 Å². The number of halogens is 1. The first-order valence-electron chi connectivity index (χ1n) is 8.73. The molecule has 0 aliphatic carbocycles. The Morgan fingerprint density at radius 3 is 2.44 bits per heavy atom. The zero-order valence-electron chi connectivity index (χ0n) is 16.3. The van der Waals surface area contributed by atoms with Crippen molar-refractivity contribution in [2.75, 3.05) is 19.6 Å². The summed E-state index contributed by atoms with van der Waals surface area (Å²) in [6.45, 7) is 20.7. The molecule has 0 rings (SSSR count). The second-order valence-corrected chi connectivity index (χ2v) is 6.73. The molecule has 2 N–H and O–H groups in total. The fraction of sp³-hybridized carbons (Fsp3) is 0.550. The average Bonchev–Trinajstić information content (AvgIpc) is 2.54. The third kappa shape index (κ3) is 9.26. The number of rotatable bonds is 10. The Hall–Kier alpha value is -1.86. The minimum absolute atomic E-state index is 0.0160. The number of terminal acetylenes is 1. The number of aliphatic imine (C=N–C) groups is 1. The van der Waals surface area contributed by atoms with E-state index in [1.807, 2.05) is 19.9 Å². The Morgan fingerprint density at radius 2 is 2.00 bits per heavy atom. The number of guanidine groups is 1. The Morgan fingerprint density at radius 1 is 1.36 bits per heavy atom. The molecule has 2 unspecified atom stereocenters. The van der Waals surface area contributed by atoms with Crippen LogP contribution >= 0.6 is 11.6 Å². The van der Waals surface area contributed by atoms with Crippen molar-refractivity contribution in [3.05, 3.63) is 35.5 Å². The molecule has 0 saturated carbocycles. The van der Waals surface area contributed by atoms with Crippen LogP contribution in [0, 0.1) is 18.4 Å². The zero-order valence-corrected chi connectivity index (χ0v) is 17.1. The Kier molecular flexibility index (Phi) is 11.6. The van der Waals surface area contributed by atoms with Crippen molar-refractivity contribution in [1.29, 1.82) is 0 Å². The normalized spacial score (nSPS) is 14.3. The van der Waals surface area contributed by atoms with Gasteiger partial charge in [-0.25, -0.2) is 0 Å². The number of hydrogen-bond acceptors (Lipinski definition) is 2. The summed E-state index contributed by atoms with van der Waals surface area (Å²) in [5.41, 5.74) is 1.90. The summed E-state index contributed by atoms with van der Waals surface area (Å²) in [5.74, 6) is 0.848. The molecule has 0 saturated heterocycles. The molecule has 0 aromatic heterocycles. The number of nitrogens with zero attached hydrogens (tertiary/aromatic N) is 2. The molecule has 0 aromatic rings. The smallest absolute Gasteiger partial charge is 0.207 e. The number of nitrogens with one attached hydrogen (secondary N) is 2. The SMILES string of the molecule is C#CN=C(NCC(NC(=C)C(C)C=C(C)Cl)C(=C)C)N(CC)CCC. The van der Waals surface area contributed by atoms with Crippen molar-refractivity contribution in [2.45, 2.75) is 47.1 Å². The highest BCUT2D eigenvalue weighted by molar-refractivity contribution is 6.29. The molecule has 4 nitrogen and oxygen atoms in total. The summed E-state index contributed by atoms with van der Waals surface area (Å²) in [5, 5.41) is 7.53. The van der Waals surface area contributed by atoms with E-state index in [9.17, 15) is 0 Å². The number of hydrogen-bond donors (Lipinski definition) is 2. The van der Waals surface area contributed by atoms with Crippen LogP contribution in [0.4, 0.5) is 0 Å². The van der Waals surface area contributed by atoms with Gasteiger partial charge in [0.2, 0.25) is 5.96 Å². The van der Waals surface area contributed by atoms with Crippen LogP contribution in [0.25, 0.3) is 0 Å². The largest absolute Gasteiger partial charge is 0.380 e. The van der Waals surface area contributed by atoms with E-state index in [1.165, 1.54) is 0 Å².